The maximum atomic E-state index is 14.3. The molecule has 2 unspecified atom stereocenters. The summed E-state index contributed by atoms with van der Waals surface area (Å²) in [6.07, 6.45) is -1.75. The molecule has 0 amide bonds. The maximum Gasteiger partial charge on any atom is 0.308 e. The molecule has 1 N–H and O–H groups in total. The molecule has 0 spiro atoms. The molecule has 0 bridgehead atoms. The third-order valence-electron chi connectivity index (χ3n) is 15.6. The fraction of sp³-hybridized carbons (Fsp3) is 0.958. The van der Waals surface area contributed by atoms with Gasteiger partial charge in [-0.05, 0) is 91.3 Å². The van der Waals surface area contributed by atoms with Gasteiger partial charge in [-0.25, -0.2) is 0 Å². The molecule has 0 aromatic rings. The van der Waals surface area contributed by atoms with E-state index in [2.05, 4.69) is 156 Å². The van der Waals surface area contributed by atoms with E-state index in [1.165, 1.54) is 0 Å². The van der Waals surface area contributed by atoms with Gasteiger partial charge in [0.2, 0.25) is 0 Å². The van der Waals surface area contributed by atoms with Gasteiger partial charge >= 0.3 is 11.9 Å². The smallest absolute Gasteiger partial charge is 0.308 e. The Morgan fingerprint density at radius 3 is 1.49 bits per heavy atom. The van der Waals surface area contributed by atoms with Gasteiger partial charge in [-0.2, -0.15) is 0 Å². The van der Waals surface area contributed by atoms with Gasteiger partial charge < -0.3 is 41.8 Å². The Balaban J connectivity index is 3.66. The Hall–Kier alpha value is -0.472. The Kier molecular flexibility index (Phi) is 22.3. The lowest BCUT2D eigenvalue weighted by molar-refractivity contribution is -0.195. The lowest BCUT2D eigenvalue weighted by Gasteiger charge is -2.41. The van der Waals surface area contributed by atoms with Crippen LogP contribution in [0, 0.1) is 11.8 Å². The van der Waals surface area contributed by atoms with Gasteiger partial charge in [-0.1, -0.05) is 117 Å². The molecule has 1 aliphatic heterocycles. The molecule has 0 aromatic heterocycles. The molecule has 0 radical (unpaired) electrons. The van der Waals surface area contributed by atoms with Gasteiger partial charge in [0.05, 0.1) is 50.0 Å². The van der Waals surface area contributed by atoms with Crippen molar-refractivity contribution in [2.75, 3.05) is 13.7 Å². The minimum absolute atomic E-state index is 0.00697. The van der Waals surface area contributed by atoms with Crippen LogP contribution in [-0.4, -0.2) is 113 Å². The highest BCUT2D eigenvalue weighted by Crippen LogP contribution is 2.44. The van der Waals surface area contributed by atoms with E-state index in [9.17, 15) is 14.7 Å². The second-order valence-corrected chi connectivity index (χ2v) is 43.9. The first kappa shape index (κ1) is 60.5. The van der Waals surface area contributed by atoms with Gasteiger partial charge in [-0.3, -0.25) is 9.59 Å². The van der Waals surface area contributed by atoms with Gasteiger partial charge in [0, 0.05) is 19.4 Å². The summed E-state index contributed by atoms with van der Waals surface area (Å²) in [5.74, 6) is -1.32. The standard InChI is InChI=1S/C48H100O11Si4/c1-26-33(3)38(55-44-34(4)43(59-63(24,25)48(14,15)16)40(56-44)32-53-60(18,19)45(5,6)7)28-36(58-62(22,23)47(11,12)13)31-42(51)54-39(37(27-2)52-17)29-35(30-41(49)50)57-61(20,21)46(8,9)10/h33-40,43-44H,26-32H2,1-25H3,(H,49,50)/t33-,34?,35-,36-,37-,38-,39-,40-,43?,44+/m0/s1. The summed E-state index contributed by atoms with van der Waals surface area (Å²) in [6.45, 7) is 53.2. The molecule has 63 heavy (non-hydrogen) atoms. The lowest BCUT2D eigenvalue weighted by Crippen LogP contribution is -2.49. The number of rotatable bonds is 25. The van der Waals surface area contributed by atoms with Crippen LogP contribution < -0.4 is 0 Å². The molecule has 10 atom stereocenters. The van der Waals surface area contributed by atoms with Crippen LogP contribution in [0.3, 0.4) is 0 Å². The molecule has 374 valence electrons. The summed E-state index contributed by atoms with van der Waals surface area (Å²) in [5, 5.41) is 9.74. The molecule has 0 saturated carbocycles. The molecular weight excluding hydrogens is 865 g/mol. The second-order valence-electron chi connectivity index (χ2n) is 24.9. The van der Waals surface area contributed by atoms with Crippen molar-refractivity contribution in [2.45, 2.75) is 271 Å². The molecule has 15 heteroatoms. The number of carbonyl (C=O) groups is 2. The minimum atomic E-state index is -2.41. The predicted octanol–water partition coefficient (Wildman–Crippen LogP) is 13.0. The Morgan fingerprint density at radius 1 is 0.651 bits per heavy atom. The number of esters is 1. The SMILES string of the molecule is CC[C@H](OC)[C@H](C[C@@H](CC(=O)O)O[Si](C)(C)C(C)(C)C)OC(=O)C[C@H](C[C@H](O[C@@H]1O[C@@H](CO[Si](C)(C)C(C)(C)C)C(O[Si](C)(C)C(C)(C)C)C1C)[C@@H](C)CC)O[Si](C)(C)C(C)(C)C. The van der Waals surface area contributed by atoms with Crippen molar-refractivity contribution >= 4 is 45.2 Å². The highest BCUT2D eigenvalue weighted by atomic mass is 28.4. The Labute approximate surface area is 391 Å². The van der Waals surface area contributed by atoms with Crippen molar-refractivity contribution in [1.82, 2.24) is 0 Å². The Bertz CT molecular complexity index is 1410. The van der Waals surface area contributed by atoms with Crippen molar-refractivity contribution in [3.05, 3.63) is 0 Å². The third-order valence-corrected chi connectivity index (χ3v) is 33.6. The number of ether oxygens (including phenoxy) is 4. The summed E-state index contributed by atoms with van der Waals surface area (Å²) in [7, 11) is -7.48. The zero-order valence-corrected chi connectivity index (χ0v) is 49.3. The van der Waals surface area contributed by atoms with Gasteiger partial charge in [0.1, 0.15) is 12.2 Å². The van der Waals surface area contributed by atoms with Crippen LogP contribution in [0.15, 0.2) is 0 Å². The second kappa shape index (κ2) is 23.2. The van der Waals surface area contributed by atoms with Crippen LogP contribution in [-0.2, 0) is 46.2 Å². The average molecular weight is 966 g/mol. The normalized spacial score (nSPS) is 22.9. The number of methoxy groups -OCH3 is 1. The molecular formula is C48H100O11Si4. The van der Waals surface area contributed by atoms with E-state index < -0.39 is 75.9 Å². The van der Waals surface area contributed by atoms with Gasteiger partial charge in [0.25, 0.3) is 0 Å². The van der Waals surface area contributed by atoms with Crippen molar-refractivity contribution in [2.24, 2.45) is 11.8 Å². The summed E-state index contributed by atoms with van der Waals surface area (Å²) in [5.41, 5.74) is 0. The number of hydrogen-bond acceptors (Lipinski definition) is 10. The van der Waals surface area contributed by atoms with Gasteiger partial charge in [0.15, 0.2) is 39.6 Å². The fourth-order valence-electron chi connectivity index (χ4n) is 6.73. The number of carbonyl (C=O) groups excluding carboxylic acids is 1. The van der Waals surface area contributed by atoms with Crippen molar-refractivity contribution in [3.63, 3.8) is 0 Å². The van der Waals surface area contributed by atoms with Crippen LogP contribution in [0.2, 0.25) is 72.5 Å². The van der Waals surface area contributed by atoms with E-state index in [1.54, 1.807) is 7.11 Å². The molecule has 0 aliphatic carbocycles. The third kappa shape index (κ3) is 17.8. The summed E-state index contributed by atoms with van der Waals surface area (Å²) in [4.78, 5) is 26.5. The quantitative estimate of drug-likeness (QED) is 0.0694. The molecule has 1 rings (SSSR count). The van der Waals surface area contributed by atoms with E-state index in [0.29, 0.717) is 19.4 Å². The zero-order chi connectivity index (χ0) is 49.5. The highest BCUT2D eigenvalue weighted by molar-refractivity contribution is 6.75. The van der Waals surface area contributed by atoms with E-state index >= 15 is 0 Å². The number of carboxylic acid groups (broad SMARTS) is 1. The molecule has 11 nitrogen and oxygen atoms in total. The predicted molar refractivity (Wildman–Crippen MR) is 269 cm³/mol. The van der Waals surface area contributed by atoms with Crippen molar-refractivity contribution < 1.29 is 51.3 Å². The van der Waals surface area contributed by atoms with Crippen LogP contribution in [0.1, 0.15) is 149 Å². The lowest BCUT2D eigenvalue weighted by atomic mass is 9.95. The first-order chi connectivity index (χ1) is 28.2. The number of carboxylic acids is 1. The molecule has 1 heterocycles. The summed E-state index contributed by atoms with van der Waals surface area (Å²) < 4.78 is 54.0. The Morgan fingerprint density at radius 2 is 1.10 bits per heavy atom. The van der Waals surface area contributed by atoms with E-state index in [1.807, 2.05) is 6.92 Å². The highest BCUT2D eigenvalue weighted by Gasteiger charge is 2.51. The van der Waals surface area contributed by atoms with E-state index in [4.69, 9.17) is 36.7 Å². The van der Waals surface area contributed by atoms with Crippen molar-refractivity contribution in [1.29, 1.82) is 0 Å². The number of hydrogen-bond donors (Lipinski definition) is 1. The summed E-state index contributed by atoms with van der Waals surface area (Å²) in [6, 6.07) is 0. The van der Waals surface area contributed by atoms with Crippen LogP contribution in [0.25, 0.3) is 0 Å². The topological polar surface area (TPSA) is 128 Å². The average Bonchev–Trinajstić information content (AvgIpc) is 3.36. The summed E-state index contributed by atoms with van der Waals surface area (Å²) >= 11 is 0. The molecule has 1 fully saturated rings. The van der Waals surface area contributed by atoms with Crippen molar-refractivity contribution in [3.8, 4) is 0 Å². The first-order valence-corrected chi connectivity index (χ1v) is 35.7. The fourth-order valence-corrected chi connectivity index (χ4v) is 11.9. The van der Waals surface area contributed by atoms with Gasteiger partial charge in [-0.15, -0.1) is 0 Å². The molecule has 1 aliphatic rings. The van der Waals surface area contributed by atoms with Crippen LogP contribution >= 0.6 is 0 Å². The zero-order valence-electron chi connectivity index (χ0n) is 45.3. The van der Waals surface area contributed by atoms with Crippen LogP contribution in [0.5, 0.6) is 0 Å². The largest absolute Gasteiger partial charge is 0.481 e. The van der Waals surface area contributed by atoms with E-state index in [-0.39, 0.29) is 69.6 Å². The first-order valence-electron chi connectivity index (χ1n) is 24.1. The minimum Gasteiger partial charge on any atom is -0.481 e. The molecule has 1 saturated heterocycles. The maximum absolute atomic E-state index is 14.3. The monoisotopic (exact) mass is 965 g/mol. The molecule has 0 aromatic carbocycles. The number of aliphatic carboxylic acids is 1. The van der Waals surface area contributed by atoms with Crippen LogP contribution in [0.4, 0.5) is 0 Å². The van der Waals surface area contributed by atoms with E-state index in [0.717, 1.165) is 6.42 Å².